The smallest absolute Gasteiger partial charge is 0.411 e. The summed E-state index contributed by atoms with van der Waals surface area (Å²) in [6.07, 6.45) is 0.331. The summed E-state index contributed by atoms with van der Waals surface area (Å²) in [6, 6.07) is 12.5. The fourth-order valence-electron chi connectivity index (χ4n) is 5.83. The van der Waals surface area contributed by atoms with E-state index in [1.54, 1.807) is 49.1 Å². The predicted molar refractivity (Wildman–Crippen MR) is 173 cm³/mol. The number of sulfone groups is 1. The summed E-state index contributed by atoms with van der Waals surface area (Å²) in [5.41, 5.74) is 2.01. The number of ether oxygens (including phenoxy) is 3. The quantitative estimate of drug-likeness (QED) is 0.263. The van der Waals surface area contributed by atoms with Gasteiger partial charge in [-0.2, -0.15) is 0 Å². The molecule has 14 heteroatoms. The zero-order valence-electron chi connectivity index (χ0n) is 26.6. The van der Waals surface area contributed by atoms with Crippen molar-refractivity contribution in [1.29, 1.82) is 0 Å². The second kappa shape index (κ2) is 13.3. The second-order valence-electron chi connectivity index (χ2n) is 11.4. The van der Waals surface area contributed by atoms with E-state index in [9.17, 15) is 27.6 Å². The third-order valence-electron chi connectivity index (χ3n) is 8.30. The predicted octanol–water partition coefficient (Wildman–Crippen LogP) is 4.46. The number of amides is 4. The minimum absolute atomic E-state index is 0.0672. The van der Waals surface area contributed by atoms with Crippen LogP contribution in [0.4, 0.5) is 16.2 Å². The van der Waals surface area contributed by atoms with E-state index in [0.29, 0.717) is 53.4 Å². The van der Waals surface area contributed by atoms with Crippen molar-refractivity contribution in [2.45, 2.75) is 48.9 Å². The molecule has 1 fully saturated rings. The van der Waals surface area contributed by atoms with Crippen LogP contribution in [0.25, 0.3) is 0 Å². The molecule has 2 aliphatic heterocycles. The fraction of sp³-hybridized carbons (Fsp3) is 0.333. The molecule has 0 spiro atoms. The Kier molecular flexibility index (Phi) is 9.43. The molecule has 0 saturated carbocycles. The Morgan fingerprint density at radius 2 is 1.60 bits per heavy atom. The number of methoxy groups -OCH3 is 3. The monoisotopic (exact) mass is 664 g/mol. The molecule has 2 aliphatic rings. The average molecular weight is 665 g/mol. The third kappa shape index (κ3) is 6.45. The molecular weight excluding hydrogens is 628 g/mol. The lowest BCUT2D eigenvalue weighted by Crippen LogP contribution is -2.38. The SMILES string of the molecule is COC(=O)Nc1ccc(S(=O)(=O)C(C)C)c(C2CCCN2C(=O)C(Nc2ccc3c(c2)C(=O)NC3=O)c2ccc(OC)c(OC)c2)c1. The van der Waals surface area contributed by atoms with Crippen molar-refractivity contribution in [3.05, 3.63) is 76.9 Å². The second-order valence-corrected chi connectivity index (χ2v) is 13.9. The van der Waals surface area contributed by atoms with E-state index in [0.717, 1.165) is 0 Å². The number of hydrogen-bond donors (Lipinski definition) is 3. The normalized spacial score (nSPS) is 16.4. The number of hydrogen-bond acceptors (Lipinski definition) is 10. The molecule has 2 atom stereocenters. The molecule has 0 aliphatic carbocycles. The molecule has 4 amide bonds. The molecule has 1 saturated heterocycles. The van der Waals surface area contributed by atoms with Crippen molar-refractivity contribution in [2.24, 2.45) is 0 Å². The van der Waals surface area contributed by atoms with Gasteiger partial charge >= 0.3 is 6.09 Å². The van der Waals surface area contributed by atoms with Crippen molar-refractivity contribution in [3.8, 4) is 11.5 Å². The maximum absolute atomic E-state index is 14.7. The lowest BCUT2D eigenvalue weighted by Gasteiger charge is -2.32. The highest BCUT2D eigenvalue weighted by Gasteiger charge is 2.38. The highest BCUT2D eigenvalue weighted by Crippen LogP contribution is 2.41. The van der Waals surface area contributed by atoms with Crippen molar-refractivity contribution in [3.63, 3.8) is 0 Å². The van der Waals surface area contributed by atoms with E-state index in [4.69, 9.17) is 14.2 Å². The summed E-state index contributed by atoms with van der Waals surface area (Å²) in [6.45, 7) is 3.49. The summed E-state index contributed by atoms with van der Waals surface area (Å²) < 4.78 is 42.7. The van der Waals surface area contributed by atoms with Gasteiger partial charge in [-0.25, -0.2) is 13.2 Å². The maximum Gasteiger partial charge on any atom is 0.411 e. The van der Waals surface area contributed by atoms with Gasteiger partial charge < -0.3 is 24.4 Å². The maximum atomic E-state index is 14.7. The van der Waals surface area contributed by atoms with Crippen LogP contribution in [0.15, 0.2) is 59.5 Å². The standard InChI is InChI=1S/C33H36N4O9S/c1-18(2)47(42,43)28-13-10-21(35-33(41)46-5)17-24(28)25-7-6-14-37(25)32(40)29(19-8-12-26(44-3)27(15-19)45-4)34-20-9-11-22-23(16-20)31(39)36-30(22)38/h8-13,15-18,25,29,34H,6-7,14H2,1-5H3,(H,35,41)(H,36,38,39). The Morgan fingerprint density at radius 1 is 0.894 bits per heavy atom. The number of carbonyl (C=O) groups excluding carboxylic acids is 4. The van der Waals surface area contributed by atoms with Gasteiger partial charge in [0, 0.05) is 17.9 Å². The number of nitrogens with one attached hydrogen (secondary N) is 3. The highest BCUT2D eigenvalue weighted by molar-refractivity contribution is 7.92. The average Bonchev–Trinajstić information content (AvgIpc) is 3.66. The van der Waals surface area contributed by atoms with Crippen molar-refractivity contribution >= 4 is 45.0 Å². The molecule has 3 N–H and O–H groups in total. The number of anilines is 2. The number of fused-ring (bicyclic) bond motifs is 1. The van der Waals surface area contributed by atoms with Crippen LogP contribution in [-0.2, 0) is 19.4 Å². The van der Waals surface area contributed by atoms with Crippen molar-refractivity contribution < 1.29 is 41.8 Å². The van der Waals surface area contributed by atoms with Crippen LogP contribution in [0.5, 0.6) is 11.5 Å². The van der Waals surface area contributed by atoms with Crippen LogP contribution in [0.1, 0.15) is 70.6 Å². The Labute approximate surface area is 272 Å². The van der Waals surface area contributed by atoms with E-state index >= 15 is 0 Å². The van der Waals surface area contributed by atoms with E-state index in [2.05, 4.69) is 16.0 Å². The van der Waals surface area contributed by atoms with Crippen molar-refractivity contribution in [1.82, 2.24) is 10.2 Å². The van der Waals surface area contributed by atoms with Crippen LogP contribution in [0.3, 0.4) is 0 Å². The zero-order chi connectivity index (χ0) is 34.0. The summed E-state index contributed by atoms with van der Waals surface area (Å²) in [4.78, 5) is 52.9. The van der Waals surface area contributed by atoms with Gasteiger partial charge in [0.15, 0.2) is 21.3 Å². The number of likely N-dealkylation sites (tertiary alicyclic amines) is 1. The van der Waals surface area contributed by atoms with E-state index in [1.807, 2.05) is 0 Å². The lowest BCUT2D eigenvalue weighted by molar-refractivity contribution is -0.133. The summed E-state index contributed by atoms with van der Waals surface area (Å²) in [7, 11) is 0.401. The van der Waals surface area contributed by atoms with Gasteiger partial charge in [-0.05, 0) is 86.3 Å². The largest absolute Gasteiger partial charge is 0.493 e. The van der Waals surface area contributed by atoms with Gasteiger partial charge in [0.05, 0.1) is 48.6 Å². The summed E-state index contributed by atoms with van der Waals surface area (Å²) in [5, 5.41) is 7.35. The van der Waals surface area contributed by atoms with Crippen LogP contribution in [0.2, 0.25) is 0 Å². The number of imide groups is 1. The van der Waals surface area contributed by atoms with Gasteiger partial charge in [0.2, 0.25) is 5.91 Å². The number of benzene rings is 3. The molecule has 3 aromatic rings. The first kappa shape index (κ1) is 33.3. The zero-order valence-corrected chi connectivity index (χ0v) is 27.4. The molecule has 5 rings (SSSR count). The van der Waals surface area contributed by atoms with Gasteiger partial charge in [-0.1, -0.05) is 6.07 Å². The Balaban J connectivity index is 1.59. The Morgan fingerprint density at radius 3 is 2.28 bits per heavy atom. The van der Waals surface area contributed by atoms with Crippen LogP contribution < -0.4 is 25.4 Å². The topological polar surface area (TPSA) is 169 Å². The number of rotatable bonds is 10. The molecule has 2 unspecified atom stereocenters. The molecule has 0 bridgehead atoms. The Hall–Kier alpha value is -5.11. The molecule has 47 heavy (non-hydrogen) atoms. The van der Waals surface area contributed by atoms with Crippen LogP contribution in [-0.4, -0.2) is 70.3 Å². The van der Waals surface area contributed by atoms with Gasteiger partial charge in [-0.15, -0.1) is 0 Å². The number of carbonyl (C=O) groups is 4. The summed E-state index contributed by atoms with van der Waals surface area (Å²) in [5.74, 6) is -0.581. The van der Waals surface area contributed by atoms with Gasteiger partial charge in [0.25, 0.3) is 11.8 Å². The third-order valence-corrected chi connectivity index (χ3v) is 10.5. The van der Waals surface area contributed by atoms with Crippen LogP contribution >= 0.6 is 0 Å². The first-order valence-corrected chi connectivity index (χ1v) is 16.5. The van der Waals surface area contributed by atoms with E-state index in [-0.39, 0.29) is 21.9 Å². The minimum atomic E-state index is -3.79. The number of nitrogens with zero attached hydrogens (tertiary/aromatic N) is 1. The van der Waals surface area contributed by atoms with E-state index < -0.39 is 45.1 Å². The highest BCUT2D eigenvalue weighted by atomic mass is 32.2. The lowest BCUT2D eigenvalue weighted by atomic mass is 10.00. The van der Waals surface area contributed by atoms with E-state index in [1.165, 1.54) is 45.6 Å². The summed E-state index contributed by atoms with van der Waals surface area (Å²) >= 11 is 0. The minimum Gasteiger partial charge on any atom is -0.493 e. The first-order chi connectivity index (χ1) is 22.4. The van der Waals surface area contributed by atoms with Crippen molar-refractivity contribution in [2.75, 3.05) is 38.5 Å². The molecular formula is C33H36N4O9S. The molecule has 0 aromatic heterocycles. The van der Waals surface area contributed by atoms with Gasteiger partial charge in [-0.3, -0.25) is 25.0 Å². The van der Waals surface area contributed by atoms with Crippen LogP contribution in [0, 0.1) is 0 Å². The van der Waals surface area contributed by atoms with Gasteiger partial charge in [0.1, 0.15) is 6.04 Å². The molecule has 0 radical (unpaired) electrons. The molecule has 13 nitrogen and oxygen atoms in total. The molecule has 248 valence electrons. The first-order valence-electron chi connectivity index (χ1n) is 14.9. The Bertz CT molecular complexity index is 1860. The fourth-order valence-corrected chi connectivity index (χ4v) is 7.12. The molecule has 3 aromatic carbocycles. The molecule has 2 heterocycles.